The minimum atomic E-state index is -3.25. The second kappa shape index (κ2) is 9.37. The number of methoxy groups -OCH3 is 1. The van der Waals surface area contributed by atoms with E-state index in [2.05, 4.69) is 9.98 Å². The number of nitrogens with zero attached hydrogens (tertiary/aromatic N) is 2. The first-order valence-corrected chi connectivity index (χ1v) is 10.3. The zero-order valence-corrected chi connectivity index (χ0v) is 16.5. The minimum Gasteiger partial charge on any atom is -0.494 e. The summed E-state index contributed by atoms with van der Waals surface area (Å²) in [7, 11) is -1.88. The van der Waals surface area contributed by atoms with Crippen LogP contribution < -0.4 is 10.5 Å². The summed E-state index contributed by atoms with van der Waals surface area (Å²) >= 11 is 0. The summed E-state index contributed by atoms with van der Waals surface area (Å²) in [5.41, 5.74) is 7.11. The van der Waals surface area contributed by atoms with Crippen LogP contribution in [0.25, 0.3) is 16.8 Å². The highest BCUT2D eigenvalue weighted by Gasteiger charge is 2.17. The minimum absolute atomic E-state index is 0.215. The average Bonchev–Trinajstić information content (AvgIpc) is 2.69. The molecule has 154 valence electrons. The number of alkyl halides is 2. The van der Waals surface area contributed by atoms with E-state index in [9.17, 15) is 22.0 Å². The van der Waals surface area contributed by atoms with Gasteiger partial charge in [-0.15, -0.1) is 0 Å². The summed E-state index contributed by atoms with van der Waals surface area (Å²) in [6.07, 6.45) is 2.67. The molecule has 7 nitrogen and oxygen atoms in total. The molecular weight excluding hydrogens is 404 g/mol. The molecule has 0 atom stereocenters. The summed E-state index contributed by atoms with van der Waals surface area (Å²) in [4.78, 5) is 18.9. The molecule has 1 heterocycles. The predicted octanol–water partition coefficient (Wildman–Crippen LogP) is 2.88. The molecular formula is C19H19F2N3O4S. The van der Waals surface area contributed by atoms with Gasteiger partial charge in [0, 0.05) is 29.3 Å². The summed E-state index contributed by atoms with van der Waals surface area (Å²) in [6, 6.07) is 5.77. The van der Waals surface area contributed by atoms with Crippen molar-refractivity contribution in [3.63, 3.8) is 0 Å². The number of halogens is 2. The van der Waals surface area contributed by atoms with Gasteiger partial charge in [-0.3, -0.25) is 14.8 Å². The molecule has 0 aliphatic carbocycles. The number of aliphatic imine (C=N–C) groups is 1. The highest BCUT2D eigenvalue weighted by Crippen LogP contribution is 2.35. The first-order chi connectivity index (χ1) is 13.7. The lowest BCUT2D eigenvalue weighted by molar-refractivity contribution is 0.112. The zero-order chi connectivity index (χ0) is 21.6. The first-order valence-electron chi connectivity index (χ1n) is 8.21. The second-order valence-electron chi connectivity index (χ2n) is 6.04. The van der Waals surface area contributed by atoms with Crippen LogP contribution in [0.1, 0.15) is 28.0 Å². The van der Waals surface area contributed by atoms with Crippen molar-refractivity contribution in [1.82, 2.24) is 4.98 Å². The SMILES string of the molecule is COc1cnc(C(F)F)cc1-c1cc(/C(N)=C/C=N/CS(C)(=O)=O)ccc1C=O. The van der Waals surface area contributed by atoms with E-state index in [-0.39, 0.29) is 28.5 Å². The van der Waals surface area contributed by atoms with E-state index >= 15 is 0 Å². The van der Waals surface area contributed by atoms with Gasteiger partial charge in [-0.2, -0.15) is 0 Å². The summed E-state index contributed by atoms with van der Waals surface area (Å²) in [5.74, 6) is -0.164. The maximum atomic E-state index is 13.1. The van der Waals surface area contributed by atoms with Crippen molar-refractivity contribution in [3.05, 3.63) is 53.4 Å². The monoisotopic (exact) mass is 423 g/mol. The molecule has 10 heteroatoms. The van der Waals surface area contributed by atoms with E-state index < -0.39 is 22.0 Å². The Morgan fingerprint density at radius 3 is 2.62 bits per heavy atom. The van der Waals surface area contributed by atoms with Crippen LogP contribution in [0.5, 0.6) is 5.75 Å². The van der Waals surface area contributed by atoms with Gasteiger partial charge in [0.05, 0.1) is 13.3 Å². The maximum Gasteiger partial charge on any atom is 0.280 e. The van der Waals surface area contributed by atoms with Gasteiger partial charge in [0.25, 0.3) is 6.43 Å². The molecule has 1 aromatic heterocycles. The fourth-order valence-corrected chi connectivity index (χ4v) is 2.79. The van der Waals surface area contributed by atoms with Gasteiger partial charge in [0.1, 0.15) is 17.3 Å². The van der Waals surface area contributed by atoms with E-state index in [0.29, 0.717) is 17.4 Å². The number of aromatic nitrogens is 1. The molecule has 0 radical (unpaired) electrons. The van der Waals surface area contributed by atoms with Gasteiger partial charge in [0.2, 0.25) is 0 Å². The summed E-state index contributed by atoms with van der Waals surface area (Å²) in [5, 5.41) is 0. The Balaban J connectivity index is 2.52. The quantitative estimate of drug-likeness (QED) is 0.516. The molecule has 0 aliphatic rings. The van der Waals surface area contributed by atoms with E-state index in [4.69, 9.17) is 10.5 Å². The molecule has 1 aromatic carbocycles. The van der Waals surface area contributed by atoms with Crippen molar-refractivity contribution in [2.24, 2.45) is 10.7 Å². The number of hydrogen-bond donors (Lipinski definition) is 1. The van der Waals surface area contributed by atoms with Gasteiger partial charge in [-0.1, -0.05) is 12.1 Å². The van der Waals surface area contributed by atoms with Crippen LogP contribution in [0, 0.1) is 0 Å². The predicted molar refractivity (Wildman–Crippen MR) is 107 cm³/mol. The number of hydrogen-bond acceptors (Lipinski definition) is 7. The normalized spacial score (nSPS) is 12.5. The molecule has 0 amide bonds. The molecule has 2 rings (SSSR count). The van der Waals surface area contributed by atoms with Gasteiger partial charge in [0.15, 0.2) is 16.1 Å². The van der Waals surface area contributed by atoms with Gasteiger partial charge >= 0.3 is 0 Å². The maximum absolute atomic E-state index is 13.1. The lowest BCUT2D eigenvalue weighted by atomic mass is 9.96. The number of aldehydes is 1. The summed E-state index contributed by atoms with van der Waals surface area (Å²) in [6.45, 7) is 0. The molecule has 2 aromatic rings. The Morgan fingerprint density at radius 2 is 2.03 bits per heavy atom. The molecule has 0 bridgehead atoms. The van der Waals surface area contributed by atoms with Crippen molar-refractivity contribution in [2.45, 2.75) is 6.43 Å². The number of rotatable bonds is 8. The van der Waals surface area contributed by atoms with Gasteiger partial charge in [-0.05, 0) is 29.3 Å². The number of sulfone groups is 1. The second-order valence-corrected chi connectivity index (χ2v) is 8.15. The van der Waals surface area contributed by atoms with Crippen molar-refractivity contribution < 1.29 is 26.7 Å². The topological polar surface area (TPSA) is 112 Å². The third-order valence-corrected chi connectivity index (χ3v) is 4.42. The molecule has 0 unspecified atom stereocenters. The van der Waals surface area contributed by atoms with E-state index in [1.54, 1.807) is 12.1 Å². The Kier molecular flexibility index (Phi) is 7.16. The lowest BCUT2D eigenvalue weighted by Crippen LogP contribution is -2.02. The molecule has 0 saturated heterocycles. The lowest BCUT2D eigenvalue weighted by Gasteiger charge is -2.13. The van der Waals surface area contributed by atoms with E-state index in [1.807, 2.05) is 0 Å². The molecule has 0 fully saturated rings. The van der Waals surface area contributed by atoms with E-state index in [1.165, 1.54) is 25.5 Å². The Bertz CT molecular complexity index is 1070. The highest BCUT2D eigenvalue weighted by atomic mass is 32.2. The number of carbonyl (C=O) groups is 1. The van der Waals surface area contributed by atoms with Gasteiger partial charge < -0.3 is 10.5 Å². The van der Waals surface area contributed by atoms with E-state index in [0.717, 1.165) is 18.5 Å². The standard InChI is InChI=1S/C19H19F2N3O4S/c1-28-18-9-24-17(19(20)21)8-15(18)14-7-12(3-4-13(14)10-25)16(22)5-6-23-11-29(2,26)27/h3-10,19H,11,22H2,1-2H3/b16-5-,23-6+. The fourth-order valence-electron chi connectivity index (χ4n) is 2.43. The Hall–Kier alpha value is -3.14. The highest BCUT2D eigenvalue weighted by molar-refractivity contribution is 7.90. The van der Waals surface area contributed by atoms with Crippen LogP contribution >= 0.6 is 0 Å². The largest absolute Gasteiger partial charge is 0.494 e. The number of nitrogens with two attached hydrogens (primary N) is 1. The number of benzene rings is 1. The van der Waals surface area contributed by atoms with Crippen LogP contribution in [0.2, 0.25) is 0 Å². The smallest absolute Gasteiger partial charge is 0.280 e. The molecule has 2 N–H and O–H groups in total. The van der Waals surface area contributed by atoms with Crippen LogP contribution in [0.3, 0.4) is 0 Å². The number of allylic oxidation sites excluding steroid dienone is 1. The van der Waals surface area contributed by atoms with Crippen molar-refractivity contribution in [1.29, 1.82) is 0 Å². The fraction of sp³-hybridized carbons (Fsp3) is 0.211. The molecule has 29 heavy (non-hydrogen) atoms. The number of carbonyl (C=O) groups excluding carboxylic acids is 1. The zero-order valence-electron chi connectivity index (χ0n) is 15.7. The third-order valence-electron chi connectivity index (χ3n) is 3.80. The van der Waals surface area contributed by atoms with Gasteiger partial charge in [-0.25, -0.2) is 17.2 Å². The van der Waals surface area contributed by atoms with Crippen LogP contribution in [0.15, 0.2) is 41.5 Å². The van der Waals surface area contributed by atoms with Crippen LogP contribution in [-0.2, 0) is 9.84 Å². The number of pyridine rings is 1. The Labute approximate surface area is 166 Å². The van der Waals surface area contributed by atoms with Crippen molar-refractivity contribution in [3.8, 4) is 16.9 Å². The first kappa shape index (κ1) is 22.2. The average molecular weight is 423 g/mol. The molecule has 0 saturated carbocycles. The van der Waals surface area contributed by atoms with Crippen LogP contribution in [-0.4, -0.2) is 45.1 Å². The molecule has 0 spiro atoms. The third kappa shape index (κ3) is 5.92. The molecule has 0 aliphatic heterocycles. The van der Waals surface area contributed by atoms with Crippen molar-refractivity contribution >= 4 is 28.0 Å². The number of ether oxygens (including phenoxy) is 1. The Morgan fingerprint density at radius 1 is 1.31 bits per heavy atom. The summed E-state index contributed by atoms with van der Waals surface area (Å²) < 4.78 is 53.5. The van der Waals surface area contributed by atoms with Crippen molar-refractivity contribution in [2.75, 3.05) is 19.2 Å². The van der Waals surface area contributed by atoms with Crippen LogP contribution in [0.4, 0.5) is 8.78 Å².